The SMILES string of the molecule is CCCC1CCC(C2CC=C(c3ccc(OC(F)F)cc3)CC2)CC1. The van der Waals surface area contributed by atoms with Crippen molar-refractivity contribution in [3.63, 3.8) is 0 Å². The van der Waals surface area contributed by atoms with E-state index in [9.17, 15) is 8.78 Å². The molecule has 0 aliphatic heterocycles. The van der Waals surface area contributed by atoms with Crippen molar-refractivity contribution in [2.24, 2.45) is 17.8 Å². The molecule has 0 spiro atoms. The molecule has 1 aromatic carbocycles. The van der Waals surface area contributed by atoms with E-state index in [0.717, 1.165) is 29.7 Å². The number of hydrogen-bond acceptors (Lipinski definition) is 1. The van der Waals surface area contributed by atoms with Crippen LogP contribution in [0.1, 0.15) is 70.3 Å². The van der Waals surface area contributed by atoms with Crippen molar-refractivity contribution >= 4 is 5.57 Å². The number of ether oxygens (including phenoxy) is 1. The Bertz CT molecular complexity index is 556. The van der Waals surface area contributed by atoms with Gasteiger partial charge in [0.25, 0.3) is 0 Å². The smallest absolute Gasteiger partial charge is 0.387 e. The number of alkyl halides is 2. The Morgan fingerprint density at radius 3 is 2.28 bits per heavy atom. The first-order chi connectivity index (χ1) is 12.2. The predicted octanol–water partition coefficient (Wildman–Crippen LogP) is 7.08. The maximum Gasteiger partial charge on any atom is 0.387 e. The lowest BCUT2D eigenvalue weighted by Crippen LogP contribution is -2.23. The van der Waals surface area contributed by atoms with Gasteiger partial charge in [-0.2, -0.15) is 8.78 Å². The summed E-state index contributed by atoms with van der Waals surface area (Å²) in [6.45, 7) is -0.459. The molecular weight excluding hydrogens is 318 g/mol. The largest absolute Gasteiger partial charge is 0.435 e. The molecule has 3 heteroatoms. The summed E-state index contributed by atoms with van der Waals surface area (Å²) in [5.41, 5.74) is 2.51. The van der Waals surface area contributed by atoms with E-state index in [-0.39, 0.29) is 5.75 Å². The van der Waals surface area contributed by atoms with E-state index in [4.69, 9.17) is 0 Å². The van der Waals surface area contributed by atoms with Crippen molar-refractivity contribution in [3.05, 3.63) is 35.9 Å². The molecular formula is C22H30F2O. The minimum atomic E-state index is -2.76. The van der Waals surface area contributed by atoms with Gasteiger partial charge in [0.15, 0.2) is 0 Å². The zero-order valence-electron chi connectivity index (χ0n) is 15.2. The fraction of sp³-hybridized carbons (Fsp3) is 0.636. The van der Waals surface area contributed by atoms with Gasteiger partial charge < -0.3 is 4.74 Å². The molecule has 0 N–H and O–H groups in total. The van der Waals surface area contributed by atoms with Gasteiger partial charge in [-0.1, -0.05) is 50.8 Å². The Labute approximate surface area is 150 Å². The van der Waals surface area contributed by atoms with Crippen LogP contribution in [-0.4, -0.2) is 6.61 Å². The highest BCUT2D eigenvalue weighted by molar-refractivity contribution is 5.66. The van der Waals surface area contributed by atoms with Crippen LogP contribution in [0.3, 0.4) is 0 Å². The summed E-state index contributed by atoms with van der Waals surface area (Å²) >= 11 is 0. The maximum absolute atomic E-state index is 12.2. The van der Waals surface area contributed by atoms with E-state index in [1.165, 1.54) is 56.9 Å². The average Bonchev–Trinajstić information content (AvgIpc) is 2.63. The third kappa shape index (κ3) is 5.05. The molecule has 0 saturated heterocycles. The second-order valence-corrected chi connectivity index (χ2v) is 7.74. The van der Waals surface area contributed by atoms with Gasteiger partial charge in [0.2, 0.25) is 0 Å². The lowest BCUT2D eigenvalue weighted by atomic mass is 9.70. The molecule has 0 aromatic heterocycles. The lowest BCUT2D eigenvalue weighted by molar-refractivity contribution is -0.0498. The fourth-order valence-corrected chi connectivity index (χ4v) is 4.75. The number of benzene rings is 1. The Hall–Kier alpha value is -1.38. The van der Waals surface area contributed by atoms with E-state index in [2.05, 4.69) is 17.7 Å². The van der Waals surface area contributed by atoms with Gasteiger partial charge in [-0.05, 0) is 73.1 Å². The van der Waals surface area contributed by atoms with Crippen LogP contribution >= 0.6 is 0 Å². The zero-order valence-corrected chi connectivity index (χ0v) is 15.2. The summed E-state index contributed by atoms with van der Waals surface area (Å²) in [4.78, 5) is 0. The molecule has 1 atom stereocenters. The van der Waals surface area contributed by atoms with Crippen molar-refractivity contribution < 1.29 is 13.5 Å². The normalized spacial score (nSPS) is 27.2. The number of halogens is 2. The minimum absolute atomic E-state index is 0.233. The van der Waals surface area contributed by atoms with Gasteiger partial charge in [-0.15, -0.1) is 0 Å². The van der Waals surface area contributed by atoms with Gasteiger partial charge in [-0.25, -0.2) is 0 Å². The predicted molar refractivity (Wildman–Crippen MR) is 98.7 cm³/mol. The monoisotopic (exact) mass is 348 g/mol. The number of hydrogen-bond donors (Lipinski definition) is 0. The fourth-order valence-electron chi connectivity index (χ4n) is 4.75. The van der Waals surface area contributed by atoms with Gasteiger partial charge in [0.1, 0.15) is 5.75 Å². The van der Waals surface area contributed by atoms with Crippen LogP contribution < -0.4 is 4.74 Å². The van der Waals surface area contributed by atoms with Gasteiger partial charge in [0, 0.05) is 0 Å². The Morgan fingerprint density at radius 2 is 1.72 bits per heavy atom. The number of rotatable bonds is 6. The van der Waals surface area contributed by atoms with E-state index < -0.39 is 6.61 Å². The molecule has 1 aromatic rings. The highest BCUT2D eigenvalue weighted by Gasteiger charge is 2.28. The van der Waals surface area contributed by atoms with Crippen LogP contribution in [0, 0.1) is 17.8 Å². The van der Waals surface area contributed by atoms with Crippen LogP contribution in [0.25, 0.3) is 5.57 Å². The molecule has 2 aliphatic carbocycles. The molecule has 1 nitrogen and oxygen atoms in total. The second kappa shape index (κ2) is 8.82. The summed E-state index contributed by atoms with van der Waals surface area (Å²) in [6, 6.07) is 7.09. The molecule has 0 radical (unpaired) electrons. The van der Waals surface area contributed by atoms with Crippen molar-refractivity contribution in [3.8, 4) is 5.75 Å². The van der Waals surface area contributed by atoms with E-state index in [0.29, 0.717) is 0 Å². The van der Waals surface area contributed by atoms with Gasteiger partial charge >= 0.3 is 6.61 Å². The average molecular weight is 348 g/mol. The first-order valence-corrected chi connectivity index (χ1v) is 9.90. The minimum Gasteiger partial charge on any atom is -0.435 e. The van der Waals surface area contributed by atoms with Crippen LogP contribution in [0.2, 0.25) is 0 Å². The first kappa shape index (κ1) is 18.4. The van der Waals surface area contributed by atoms with Crippen LogP contribution in [-0.2, 0) is 0 Å². The molecule has 0 amide bonds. The summed E-state index contributed by atoms with van der Waals surface area (Å²) in [5, 5.41) is 0. The van der Waals surface area contributed by atoms with Crippen molar-refractivity contribution in [2.75, 3.05) is 0 Å². The van der Waals surface area contributed by atoms with Crippen molar-refractivity contribution in [2.45, 2.75) is 71.3 Å². The molecule has 0 bridgehead atoms. The first-order valence-electron chi connectivity index (χ1n) is 9.90. The molecule has 1 unspecified atom stereocenters. The number of allylic oxidation sites excluding steroid dienone is 2. The van der Waals surface area contributed by atoms with Gasteiger partial charge in [-0.3, -0.25) is 0 Å². The third-order valence-electron chi connectivity index (χ3n) is 6.16. The standard InChI is InChI=1S/C22H30F2O/c1-2-3-16-4-6-17(7-5-16)18-8-10-19(11-9-18)20-12-14-21(15-13-20)25-22(23)24/h10,12-18,22H,2-9,11H2,1H3. The van der Waals surface area contributed by atoms with Crippen LogP contribution in [0.4, 0.5) is 8.78 Å². The van der Waals surface area contributed by atoms with E-state index >= 15 is 0 Å². The van der Waals surface area contributed by atoms with E-state index in [1.807, 2.05) is 12.1 Å². The van der Waals surface area contributed by atoms with Crippen LogP contribution in [0.5, 0.6) is 5.75 Å². The van der Waals surface area contributed by atoms with E-state index in [1.54, 1.807) is 12.1 Å². The summed E-state index contributed by atoms with van der Waals surface area (Å²) in [7, 11) is 0. The van der Waals surface area contributed by atoms with Crippen LogP contribution in [0.15, 0.2) is 30.3 Å². The van der Waals surface area contributed by atoms with Gasteiger partial charge in [0.05, 0.1) is 0 Å². The quantitative estimate of drug-likeness (QED) is 0.534. The molecule has 138 valence electrons. The Morgan fingerprint density at radius 1 is 1.00 bits per heavy atom. The summed E-state index contributed by atoms with van der Waals surface area (Å²) in [6.07, 6.45) is 14.4. The second-order valence-electron chi connectivity index (χ2n) is 7.74. The summed E-state index contributed by atoms with van der Waals surface area (Å²) < 4.78 is 28.9. The molecule has 3 rings (SSSR count). The molecule has 25 heavy (non-hydrogen) atoms. The zero-order chi connectivity index (χ0) is 17.6. The summed E-state index contributed by atoms with van der Waals surface area (Å²) in [5.74, 6) is 2.96. The highest BCUT2D eigenvalue weighted by Crippen LogP contribution is 2.42. The topological polar surface area (TPSA) is 9.23 Å². The lowest BCUT2D eigenvalue weighted by Gasteiger charge is -2.35. The molecule has 1 fully saturated rings. The Kier molecular flexibility index (Phi) is 6.50. The Balaban J connectivity index is 1.52. The molecule has 0 heterocycles. The van der Waals surface area contributed by atoms with Crippen molar-refractivity contribution in [1.29, 1.82) is 0 Å². The maximum atomic E-state index is 12.2. The third-order valence-corrected chi connectivity index (χ3v) is 6.16. The molecule has 1 saturated carbocycles. The van der Waals surface area contributed by atoms with Crippen molar-refractivity contribution in [1.82, 2.24) is 0 Å². The highest BCUT2D eigenvalue weighted by atomic mass is 19.3. The molecule has 2 aliphatic rings.